The molecule has 0 radical (unpaired) electrons. The van der Waals surface area contributed by atoms with Crippen molar-refractivity contribution in [3.8, 4) is 0 Å². The standard InChI is InChI=1S/C14H15BrN2O2S2/c15-13-6-3-10(16)8-14(13)21(18,19)17(11-4-5-11)9-12-2-1-7-20-12/h1-3,6-8,11H,4-5,9,16H2. The van der Waals surface area contributed by atoms with Gasteiger partial charge in [0.1, 0.15) is 0 Å². The van der Waals surface area contributed by atoms with E-state index in [2.05, 4.69) is 15.9 Å². The molecule has 0 amide bonds. The molecule has 2 N–H and O–H groups in total. The quantitative estimate of drug-likeness (QED) is 0.800. The fourth-order valence-electron chi connectivity index (χ4n) is 2.17. The summed E-state index contributed by atoms with van der Waals surface area (Å²) in [4.78, 5) is 1.29. The van der Waals surface area contributed by atoms with E-state index in [1.165, 1.54) is 6.07 Å². The predicted octanol–water partition coefficient (Wildman–Crippen LogP) is 3.45. The van der Waals surface area contributed by atoms with Crippen molar-refractivity contribution in [1.29, 1.82) is 0 Å². The number of nitrogens with zero attached hydrogens (tertiary/aromatic N) is 1. The van der Waals surface area contributed by atoms with Gasteiger partial charge in [-0.25, -0.2) is 8.42 Å². The van der Waals surface area contributed by atoms with Gasteiger partial charge in [0.15, 0.2) is 0 Å². The minimum Gasteiger partial charge on any atom is -0.399 e. The summed E-state index contributed by atoms with van der Waals surface area (Å²) < 4.78 is 28.1. The van der Waals surface area contributed by atoms with E-state index in [0.29, 0.717) is 16.7 Å². The monoisotopic (exact) mass is 386 g/mol. The van der Waals surface area contributed by atoms with Gasteiger partial charge in [-0.2, -0.15) is 4.31 Å². The maximum atomic E-state index is 13.0. The van der Waals surface area contributed by atoms with Crippen molar-refractivity contribution >= 4 is 43.0 Å². The molecule has 2 aromatic rings. The Balaban J connectivity index is 1.99. The van der Waals surface area contributed by atoms with Crippen molar-refractivity contribution in [2.45, 2.75) is 30.3 Å². The maximum Gasteiger partial charge on any atom is 0.244 e. The number of anilines is 1. The second-order valence-electron chi connectivity index (χ2n) is 5.05. The van der Waals surface area contributed by atoms with Crippen LogP contribution in [0.3, 0.4) is 0 Å². The zero-order valence-electron chi connectivity index (χ0n) is 11.2. The molecule has 1 saturated carbocycles. The molecule has 1 aromatic heterocycles. The number of sulfonamides is 1. The highest BCUT2D eigenvalue weighted by molar-refractivity contribution is 9.10. The summed E-state index contributed by atoms with van der Waals surface area (Å²) in [7, 11) is -3.55. The van der Waals surface area contributed by atoms with Crippen LogP contribution in [-0.4, -0.2) is 18.8 Å². The van der Waals surface area contributed by atoms with Crippen LogP contribution in [-0.2, 0) is 16.6 Å². The van der Waals surface area contributed by atoms with Crippen molar-refractivity contribution in [3.05, 3.63) is 45.1 Å². The summed E-state index contributed by atoms with van der Waals surface area (Å²) >= 11 is 4.90. The highest BCUT2D eigenvalue weighted by Gasteiger charge is 2.39. The number of nitrogens with two attached hydrogens (primary N) is 1. The van der Waals surface area contributed by atoms with E-state index in [1.54, 1.807) is 27.8 Å². The van der Waals surface area contributed by atoms with Gasteiger partial charge in [-0.1, -0.05) is 6.07 Å². The number of rotatable bonds is 5. The second kappa shape index (κ2) is 5.72. The average Bonchev–Trinajstić information content (AvgIpc) is 3.14. The van der Waals surface area contributed by atoms with Crippen LogP contribution in [0.1, 0.15) is 17.7 Å². The molecule has 0 saturated heterocycles. The molecule has 1 fully saturated rings. The normalized spacial score (nSPS) is 15.5. The Bertz CT molecular complexity index is 740. The first-order valence-electron chi connectivity index (χ1n) is 6.58. The summed E-state index contributed by atoms with van der Waals surface area (Å²) in [6.07, 6.45) is 1.84. The number of halogens is 1. The summed E-state index contributed by atoms with van der Waals surface area (Å²) in [5.41, 5.74) is 6.20. The molecular weight excluding hydrogens is 372 g/mol. The maximum absolute atomic E-state index is 13.0. The highest BCUT2D eigenvalue weighted by atomic mass is 79.9. The Hall–Kier alpha value is -0.890. The van der Waals surface area contributed by atoms with Gasteiger partial charge >= 0.3 is 0 Å². The molecule has 0 spiro atoms. The fourth-order valence-corrected chi connectivity index (χ4v) is 5.58. The molecule has 0 unspecified atom stereocenters. The van der Waals surface area contributed by atoms with E-state index in [9.17, 15) is 8.42 Å². The summed E-state index contributed by atoms with van der Waals surface area (Å²) in [6, 6.07) is 8.88. The van der Waals surface area contributed by atoms with Gasteiger partial charge in [0.2, 0.25) is 10.0 Å². The summed E-state index contributed by atoms with van der Waals surface area (Å²) in [6.45, 7) is 0.423. The predicted molar refractivity (Wildman–Crippen MR) is 88.6 cm³/mol. The van der Waals surface area contributed by atoms with Crippen LogP contribution in [0.4, 0.5) is 5.69 Å². The minimum atomic E-state index is -3.55. The van der Waals surface area contributed by atoms with Crippen molar-refractivity contribution in [3.63, 3.8) is 0 Å². The number of hydrogen-bond acceptors (Lipinski definition) is 4. The third kappa shape index (κ3) is 3.15. The molecule has 0 bridgehead atoms. The van der Waals surface area contributed by atoms with Crippen LogP contribution in [0.5, 0.6) is 0 Å². The van der Waals surface area contributed by atoms with E-state index < -0.39 is 10.0 Å². The Morgan fingerprint density at radius 3 is 2.71 bits per heavy atom. The fraction of sp³-hybridized carbons (Fsp3) is 0.286. The third-order valence-electron chi connectivity index (χ3n) is 3.39. The third-order valence-corrected chi connectivity index (χ3v) is 7.14. The van der Waals surface area contributed by atoms with E-state index in [0.717, 1.165) is 17.7 Å². The minimum absolute atomic E-state index is 0.102. The van der Waals surface area contributed by atoms with Crippen molar-refractivity contribution in [2.75, 3.05) is 5.73 Å². The lowest BCUT2D eigenvalue weighted by atomic mass is 10.3. The first-order valence-corrected chi connectivity index (χ1v) is 9.69. The van der Waals surface area contributed by atoms with Gasteiger partial charge in [0.25, 0.3) is 0 Å². The molecule has 0 atom stereocenters. The number of thiophene rings is 1. The molecule has 1 aliphatic carbocycles. The van der Waals surface area contributed by atoms with E-state index in [4.69, 9.17) is 5.73 Å². The van der Waals surface area contributed by atoms with Crippen LogP contribution >= 0.6 is 27.3 Å². The molecule has 7 heteroatoms. The summed E-state index contributed by atoms with van der Waals surface area (Å²) in [5, 5.41) is 1.96. The molecule has 1 aromatic carbocycles. The number of hydrogen-bond donors (Lipinski definition) is 1. The zero-order chi connectivity index (χ0) is 15.0. The lowest BCUT2D eigenvalue weighted by molar-refractivity contribution is 0.401. The van der Waals surface area contributed by atoms with Gasteiger partial charge in [0.05, 0.1) is 4.90 Å². The molecule has 3 rings (SSSR count). The van der Waals surface area contributed by atoms with Crippen LogP contribution in [0.15, 0.2) is 45.1 Å². The Kier molecular flexibility index (Phi) is 4.09. The highest BCUT2D eigenvalue weighted by Crippen LogP contribution is 2.36. The number of nitrogen functional groups attached to an aromatic ring is 1. The molecule has 1 aliphatic rings. The first-order chi connectivity index (χ1) is 9.98. The SMILES string of the molecule is Nc1ccc(Br)c(S(=O)(=O)N(Cc2cccs2)C2CC2)c1. The molecule has 0 aliphatic heterocycles. The molecule has 1 heterocycles. The van der Waals surface area contributed by atoms with Crippen molar-refractivity contribution in [2.24, 2.45) is 0 Å². The average molecular weight is 387 g/mol. The van der Waals surface area contributed by atoms with Gasteiger partial charge in [0, 0.05) is 27.6 Å². The lowest BCUT2D eigenvalue weighted by Gasteiger charge is -2.22. The Morgan fingerprint density at radius 2 is 2.10 bits per heavy atom. The van der Waals surface area contributed by atoms with E-state index >= 15 is 0 Å². The van der Waals surface area contributed by atoms with Gasteiger partial charge in [-0.3, -0.25) is 0 Å². The van der Waals surface area contributed by atoms with Crippen LogP contribution in [0.2, 0.25) is 0 Å². The lowest BCUT2D eigenvalue weighted by Crippen LogP contribution is -2.32. The van der Waals surface area contributed by atoms with E-state index in [1.807, 2.05) is 17.5 Å². The topological polar surface area (TPSA) is 63.4 Å². The zero-order valence-corrected chi connectivity index (χ0v) is 14.4. The molecule has 112 valence electrons. The van der Waals surface area contributed by atoms with Crippen molar-refractivity contribution in [1.82, 2.24) is 4.31 Å². The second-order valence-corrected chi connectivity index (χ2v) is 8.80. The Labute approximate surface area is 136 Å². The van der Waals surface area contributed by atoms with Crippen LogP contribution in [0, 0.1) is 0 Å². The van der Waals surface area contributed by atoms with Crippen LogP contribution < -0.4 is 5.73 Å². The first kappa shape index (κ1) is 15.0. The van der Waals surface area contributed by atoms with E-state index in [-0.39, 0.29) is 10.9 Å². The Morgan fingerprint density at radius 1 is 1.33 bits per heavy atom. The molecule has 21 heavy (non-hydrogen) atoms. The van der Waals surface area contributed by atoms with Gasteiger partial charge in [-0.15, -0.1) is 11.3 Å². The summed E-state index contributed by atoms with van der Waals surface area (Å²) in [5.74, 6) is 0. The molecular formula is C14H15BrN2O2S2. The van der Waals surface area contributed by atoms with Gasteiger partial charge < -0.3 is 5.73 Å². The largest absolute Gasteiger partial charge is 0.399 e. The number of benzene rings is 1. The van der Waals surface area contributed by atoms with Crippen LogP contribution in [0.25, 0.3) is 0 Å². The smallest absolute Gasteiger partial charge is 0.244 e. The van der Waals surface area contributed by atoms with Gasteiger partial charge in [-0.05, 0) is 58.4 Å². The molecule has 4 nitrogen and oxygen atoms in total. The van der Waals surface area contributed by atoms with Crippen molar-refractivity contribution < 1.29 is 8.42 Å².